The van der Waals surface area contributed by atoms with Crippen molar-refractivity contribution >= 4 is 41.3 Å². The third-order valence-electron chi connectivity index (χ3n) is 2.91. The van der Waals surface area contributed by atoms with E-state index in [-0.39, 0.29) is 24.0 Å². The average molecular weight is 419 g/mol. The van der Waals surface area contributed by atoms with Gasteiger partial charge >= 0.3 is 0 Å². The summed E-state index contributed by atoms with van der Waals surface area (Å²) in [6.07, 6.45) is 3.79. The Morgan fingerprint density at radius 2 is 2.29 bits per heavy atom. The highest BCUT2D eigenvalue weighted by Crippen LogP contribution is 2.07. The van der Waals surface area contributed by atoms with Crippen LogP contribution in [0.15, 0.2) is 41.0 Å². The monoisotopic (exact) mass is 419 g/mol. The number of nitrogens with one attached hydrogen (secondary N) is 2. The van der Waals surface area contributed by atoms with Gasteiger partial charge in [0, 0.05) is 37.4 Å². The first kappa shape index (κ1) is 18.0. The molecule has 7 heteroatoms. The van der Waals surface area contributed by atoms with E-state index in [1.165, 1.54) is 4.88 Å². The molecule has 0 spiro atoms. The molecule has 1 unspecified atom stereocenters. The number of hydrogen-bond acceptors (Lipinski definition) is 3. The van der Waals surface area contributed by atoms with Crippen LogP contribution in [-0.4, -0.2) is 29.3 Å². The Hall–Kier alpha value is -1.09. The predicted molar refractivity (Wildman–Crippen MR) is 99.3 cm³/mol. The van der Waals surface area contributed by atoms with Gasteiger partial charge < -0.3 is 10.6 Å². The van der Waals surface area contributed by atoms with Crippen LogP contribution in [0.5, 0.6) is 0 Å². The highest BCUT2D eigenvalue weighted by molar-refractivity contribution is 14.0. The zero-order valence-corrected chi connectivity index (χ0v) is 15.5. The maximum Gasteiger partial charge on any atom is 0.191 e. The molecule has 116 valence electrons. The highest BCUT2D eigenvalue weighted by atomic mass is 127. The second-order valence-corrected chi connectivity index (χ2v) is 5.75. The van der Waals surface area contributed by atoms with Crippen molar-refractivity contribution in [2.75, 3.05) is 13.6 Å². The fraction of sp³-hybridized carbons (Fsp3) is 0.429. The van der Waals surface area contributed by atoms with Crippen LogP contribution in [-0.2, 0) is 13.1 Å². The van der Waals surface area contributed by atoms with Gasteiger partial charge in [0.15, 0.2) is 5.96 Å². The standard InChI is InChI=1S/C14H21N5S.HI/c1-12(11-19-7-4-6-18-19)9-16-14(15-2)17-10-13-5-3-8-20-13;/h3-8,12H,9-11H2,1-2H3,(H2,15,16,17);1H. The van der Waals surface area contributed by atoms with Crippen LogP contribution in [0.3, 0.4) is 0 Å². The van der Waals surface area contributed by atoms with Crippen LogP contribution in [0.2, 0.25) is 0 Å². The van der Waals surface area contributed by atoms with Gasteiger partial charge in [-0.15, -0.1) is 35.3 Å². The first-order valence-electron chi connectivity index (χ1n) is 6.72. The fourth-order valence-corrected chi connectivity index (χ4v) is 2.51. The largest absolute Gasteiger partial charge is 0.356 e. The van der Waals surface area contributed by atoms with Gasteiger partial charge in [-0.3, -0.25) is 9.67 Å². The summed E-state index contributed by atoms with van der Waals surface area (Å²) < 4.78 is 1.95. The van der Waals surface area contributed by atoms with Crippen molar-refractivity contribution < 1.29 is 0 Å². The molecule has 0 aliphatic heterocycles. The molecule has 0 radical (unpaired) electrons. The normalized spacial score (nSPS) is 12.6. The van der Waals surface area contributed by atoms with E-state index in [0.29, 0.717) is 5.92 Å². The number of rotatable bonds is 6. The van der Waals surface area contributed by atoms with Gasteiger partial charge in [-0.25, -0.2) is 0 Å². The number of halogens is 1. The van der Waals surface area contributed by atoms with Crippen molar-refractivity contribution in [2.24, 2.45) is 10.9 Å². The van der Waals surface area contributed by atoms with Gasteiger partial charge in [-0.1, -0.05) is 13.0 Å². The summed E-state index contributed by atoms with van der Waals surface area (Å²) in [4.78, 5) is 5.54. The zero-order valence-electron chi connectivity index (χ0n) is 12.3. The van der Waals surface area contributed by atoms with Gasteiger partial charge in [-0.2, -0.15) is 5.10 Å². The number of aliphatic imine (C=N–C) groups is 1. The molecule has 0 saturated carbocycles. The van der Waals surface area contributed by atoms with Crippen molar-refractivity contribution in [1.29, 1.82) is 0 Å². The lowest BCUT2D eigenvalue weighted by Gasteiger charge is -2.15. The Balaban J connectivity index is 0.00000220. The van der Waals surface area contributed by atoms with E-state index < -0.39 is 0 Å². The predicted octanol–water partition coefficient (Wildman–Crippen LogP) is 2.56. The van der Waals surface area contributed by atoms with Crippen LogP contribution >= 0.6 is 35.3 Å². The number of aromatic nitrogens is 2. The molecule has 2 aromatic heterocycles. The number of guanidine groups is 1. The van der Waals surface area contributed by atoms with Gasteiger partial charge in [0.25, 0.3) is 0 Å². The van der Waals surface area contributed by atoms with E-state index in [0.717, 1.165) is 25.6 Å². The molecule has 0 saturated heterocycles. The Labute approximate surface area is 146 Å². The van der Waals surface area contributed by atoms with Crippen LogP contribution in [0.1, 0.15) is 11.8 Å². The maximum absolute atomic E-state index is 4.23. The molecule has 0 amide bonds. The van der Waals surface area contributed by atoms with Gasteiger partial charge in [0.05, 0.1) is 6.54 Å². The second-order valence-electron chi connectivity index (χ2n) is 4.72. The summed E-state index contributed by atoms with van der Waals surface area (Å²) in [6, 6.07) is 6.12. The fourth-order valence-electron chi connectivity index (χ4n) is 1.87. The quantitative estimate of drug-likeness (QED) is 0.430. The summed E-state index contributed by atoms with van der Waals surface area (Å²) in [5, 5.41) is 13.0. The number of nitrogens with zero attached hydrogens (tertiary/aromatic N) is 3. The molecule has 0 aromatic carbocycles. The minimum absolute atomic E-state index is 0. The Morgan fingerprint density at radius 1 is 1.43 bits per heavy atom. The third-order valence-corrected chi connectivity index (χ3v) is 3.79. The van der Waals surface area contributed by atoms with Crippen LogP contribution < -0.4 is 10.6 Å². The smallest absolute Gasteiger partial charge is 0.191 e. The zero-order chi connectivity index (χ0) is 14.2. The van der Waals surface area contributed by atoms with Crippen molar-refractivity contribution in [3.05, 3.63) is 40.8 Å². The molecule has 0 aliphatic carbocycles. The maximum atomic E-state index is 4.23. The van der Waals surface area contributed by atoms with E-state index in [1.54, 1.807) is 18.4 Å². The van der Waals surface area contributed by atoms with Crippen molar-refractivity contribution in [3.8, 4) is 0 Å². The number of thiophene rings is 1. The minimum Gasteiger partial charge on any atom is -0.356 e. The molecule has 0 fully saturated rings. The first-order chi connectivity index (χ1) is 9.78. The van der Waals surface area contributed by atoms with Crippen LogP contribution in [0, 0.1) is 5.92 Å². The molecule has 21 heavy (non-hydrogen) atoms. The molecule has 5 nitrogen and oxygen atoms in total. The first-order valence-corrected chi connectivity index (χ1v) is 7.60. The van der Waals surface area contributed by atoms with Gasteiger partial charge in [0.2, 0.25) is 0 Å². The Morgan fingerprint density at radius 3 is 2.90 bits per heavy atom. The molecular weight excluding hydrogens is 397 g/mol. The van der Waals surface area contributed by atoms with E-state index in [1.807, 2.05) is 23.1 Å². The molecule has 0 aliphatic rings. The topological polar surface area (TPSA) is 54.2 Å². The summed E-state index contributed by atoms with van der Waals surface area (Å²) >= 11 is 1.75. The lowest BCUT2D eigenvalue weighted by molar-refractivity contribution is 0.443. The molecule has 0 bridgehead atoms. The molecule has 1 atom stereocenters. The van der Waals surface area contributed by atoms with Gasteiger partial charge in [-0.05, 0) is 23.4 Å². The molecule has 2 heterocycles. The molecular formula is C14H22IN5S. The molecule has 2 aromatic rings. The number of hydrogen-bond donors (Lipinski definition) is 2. The lowest BCUT2D eigenvalue weighted by atomic mass is 10.2. The van der Waals surface area contributed by atoms with Crippen LogP contribution in [0.25, 0.3) is 0 Å². The minimum atomic E-state index is 0. The van der Waals surface area contributed by atoms with E-state index in [9.17, 15) is 0 Å². The summed E-state index contributed by atoms with van der Waals surface area (Å²) in [5.74, 6) is 1.32. The van der Waals surface area contributed by atoms with Crippen molar-refractivity contribution in [1.82, 2.24) is 20.4 Å². The summed E-state index contributed by atoms with van der Waals surface area (Å²) in [6.45, 7) is 4.78. The Bertz CT molecular complexity index is 509. The summed E-state index contributed by atoms with van der Waals surface area (Å²) in [7, 11) is 1.79. The van der Waals surface area contributed by atoms with Gasteiger partial charge in [0.1, 0.15) is 0 Å². The highest BCUT2D eigenvalue weighted by Gasteiger charge is 2.05. The van der Waals surface area contributed by atoms with Crippen LogP contribution in [0.4, 0.5) is 0 Å². The third kappa shape index (κ3) is 6.47. The Kier molecular flexibility index (Phi) is 8.36. The van der Waals surface area contributed by atoms with E-state index >= 15 is 0 Å². The average Bonchev–Trinajstić information content (AvgIpc) is 3.12. The molecule has 2 rings (SSSR count). The second kappa shape index (κ2) is 9.78. The van der Waals surface area contributed by atoms with E-state index in [2.05, 4.69) is 45.2 Å². The molecule has 2 N–H and O–H groups in total. The SMILES string of the molecule is CN=C(NCc1cccs1)NCC(C)Cn1cccn1.I. The summed E-state index contributed by atoms with van der Waals surface area (Å²) in [5.41, 5.74) is 0. The van der Waals surface area contributed by atoms with E-state index in [4.69, 9.17) is 0 Å². The lowest BCUT2D eigenvalue weighted by Crippen LogP contribution is -2.39. The van der Waals surface area contributed by atoms with Crippen molar-refractivity contribution in [2.45, 2.75) is 20.0 Å². The van der Waals surface area contributed by atoms with Crippen molar-refractivity contribution in [3.63, 3.8) is 0 Å².